The van der Waals surface area contributed by atoms with Gasteiger partial charge in [0.05, 0.1) is 35.7 Å². The van der Waals surface area contributed by atoms with E-state index in [0.29, 0.717) is 59.7 Å². The summed E-state index contributed by atoms with van der Waals surface area (Å²) < 4.78 is 21.1. The van der Waals surface area contributed by atoms with Gasteiger partial charge in [0.25, 0.3) is 0 Å². The van der Waals surface area contributed by atoms with E-state index in [1.807, 2.05) is 11.8 Å². The van der Waals surface area contributed by atoms with Gasteiger partial charge in [-0.3, -0.25) is 4.79 Å². The molecule has 5 rings (SSSR count). The zero-order valence-corrected chi connectivity index (χ0v) is 23.3. The molecule has 210 valence electrons. The first-order valence-electron chi connectivity index (χ1n) is 13.7. The molecular formula is C31H32FN7O2. The van der Waals surface area contributed by atoms with Crippen LogP contribution < -0.4 is 9.64 Å². The third-order valence-corrected chi connectivity index (χ3v) is 7.97. The zero-order chi connectivity index (χ0) is 29.1. The van der Waals surface area contributed by atoms with Gasteiger partial charge in [0.2, 0.25) is 5.91 Å². The van der Waals surface area contributed by atoms with Gasteiger partial charge in [-0.1, -0.05) is 18.2 Å². The summed E-state index contributed by atoms with van der Waals surface area (Å²) in [5.74, 6) is -0.103. The van der Waals surface area contributed by atoms with Gasteiger partial charge < -0.3 is 19.4 Å². The SMILES string of the molecule is C=CC(=O)N1CCN(c2nc(OCC3CCCN3C)nc3cc(-c4cc(C)ccc4F)c(C#N)cc23)CC1CC#N. The fraction of sp³-hybridized carbons (Fsp3) is 0.387. The minimum atomic E-state index is -0.427. The fourth-order valence-electron chi connectivity index (χ4n) is 5.70. The lowest BCUT2D eigenvalue weighted by Crippen LogP contribution is -2.55. The average molecular weight is 554 g/mol. The summed E-state index contributed by atoms with van der Waals surface area (Å²) in [6.07, 6.45) is 3.53. The number of aryl methyl sites for hydroxylation is 1. The summed E-state index contributed by atoms with van der Waals surface area (Å²) in [6, 6.07) is 12.7. The van der Waals surface area contributed by atoms with E-state index in [0.717, 1.165) is 24.9 Å². The van der Waals surface area contributed by atoms with E-state index in [2.05, 4.69) is 30.7 Å². The third kappa shape index (κ3) is 5.70. The van der Waals surface area contributed by atoms with Crippen molar-refractivity contribution in [3.8, 4) is 29.3 Å². The Labute approximate surface area is 239 Å². The number of carbonyl (C=O) groups is 1. The molecule has 2 atom stereocenters. The van der Waals surface area contributed by atoms with Crippen molar-refractivity contribution in [1.82, 2.24) is 19.8 Å². The maximum Gasteiger partial charge on any atom is 0.319 e. The van der Waals surface area contributed by atoms with E-state index in [9.17, 15) is 19.7 Å². The number of likely N-dealkylation sites (N-methyl/N-ethyl adjacent to an activating group) is 1. The number of nitriles is 2. The number of rotatable bonds is 7. The van der Waals surface area contributed by atoms with Gasteiger partial charge in [-0.25, -0.2) is 4.39 Å². The van der Waals surface area contributed by atoms with Crippen molar-refractivity contribution in [2.75, 3.05) is 44.7 Å². The highest BCUT2D eigenvalue weighted by atomic mass is 19.1. The number of likely N-dealkylation sites (tertiary alicyclic amines) is 1. The van der Waals surface area contributed by atoms with Gasteiger partial charge in [0.15, 0.2) is 0 Å². The molecule has 2 aliphatic rings. The predicted molar refractivity (Wildman–Crippen MR) is 154 cm³/mol. The van der Waals surface area contributed by atoms with Gasteiger partial charge >= 0.3 is 6.01 Å². The topological polar surface area (TPSA) is 109 Å². The summed E-state index contributed by atoms with van der Waals surface area (Å²) in [4.78, 5) is 27.9. The van der Waals surface area contributed by atoms with Crippen LogP contribution in [-0.2, 0) is 4.79 Å². The minimum Gasteiger partial charge on any atom is -0.462 e. The lowest BCUT2D eigenvalue weighted by molar-refractivity contribution is -0.128. The standard InChI is InChI=1S/C31H32FN7O2/c1-4-29(40)39-13-12-38(18-22(39)9-10-33)30-26-15-21(17-34)24(25-14-20(2)7-8-27(25)32)16-28(26)35-31(36-30)41-19-23-6-5-11-37(23)3/h4,7-8,14-16,22-23H,1,5-6,9,11-13,18-19H2,2-3H3. The summed E-state index contributed by atoms with van der Waals surface area (Å²) in [5.41, 5.74) is 2.44. The number of halogens is 1. The molecule has 0 radical (unpaired) electrons. The Balaban J connectivity index is 1.61. The highest BCUT2D eigenvalue weighted by Gasteiger charge is 2.31. The van der Waals surface area contributed by atoms with Crippen LogP contribution in [-0.4, -0.2) is 77.6 Å². The predicted octanol–water partition coefficient (Wildman–Crippen LogP) is 4.21. The van der Waals surface area contributed by atoms with Crippen molar-refractivity contribution in [1.29, 1.82) is 10.5 Å². The summed E-state index contributed by atoms with van der Waals surface area (Å²) >= 11 is 0. The number of piperazine rings is 1. The third-order valence-electron chi connectivity index (χ3n) is 7.97. The molecule has 9 nitrogen and oxygen atoms in total. The zero-order valence-electron chi connectivity index (χ0n) is 23.3. The van der Waals surface area contributed by atoms with Crippen molar-refractivity contribution in [2.45, 2.75) is 38.3 Å². The van der Waals surface area contributed by atoms with Crippen LogP contribution in [0.2, 0.25) is 0 Å². The molecule has 0 aliphatic carbocycles. The Kier molecular flexibility index (Phi) is 8.14. The average Bonchev–Trinajstić information content (AvgIpc) is 3.40. The molecule has 2 aliphatic heterocycles. The molecule has 2 fully saturated rings. The first kappa shape index (κ1) is 28.0. The lowest BCUT2D eigenvalue weighted by atomic mass is 9.96. The van der Waals surface area contributed by atoms with Gasteiger partial charge in [-0.05, 0) is 63.7 Å². The van der Waals surface area contributed by atoms with E-state index in [-0.39, 0.29) is 30.4 Å². The Morgan fingerprint density at radius 3 is 2.71 bits per heavy atom. The van der Waals surface area contributed by atoms with Crippen molar-refractivity contribution < 1.29 is 13.9 Å². The van der Waals surface area contributed by atoms with Crippen molar-refractivity contribution in [2.24, 2.45) is 0 Å². The second-order valence-electron chi connectivity index (χ2n) is 10.6. The Morgan fingerprint density at radius 2 is 2.00 bits per heavy atom. The number of ether oxygens (including phenoxy) is 1. The number of hydrogen-bond acceptors (Lipinski definition) is 8. The second kappa shape index (κ2) is 11.9. The van der Waals surface area contributed by atoms with E-state index >= 15 is 0 Å². The van der Waals surface area contributed by atoms with Crippen LogP contribution in [0.4, 0.5) is 10.2 Å². The smallest absolute Gasteiger partial charge is 0.319 e. The van der Waals surface area contributed by atoms with E-state index in [4.69, 9.17) is 14.7 Å². The maximum absolute atomic E-state index is 15.0. The molecule has 2 aromatic carbocycles. The second-order valence-corrected chi connectivity index (χ2v) is 10.6. The van der Waals surface area contributed by atoms with E-state index < -0.39 is 5.82 Å². The number of amides is 1. The number of aromatic nitrogens is 2. The molecule has 2 unspecified atom stereocenters. The molecule has 0 bridgehead atoms. The number of fused-ring (bicyclic) bond motifs is 1. The lowest BCUT2D eigenvalue weighted by Gasteiger charge is -2.41. The van der Waals surface area contributed by atoms with Gasteiger partial charge in [0.1, 0.15) is 18.2 Å². The largest absolute Gasteiger partial charge is 0.462 e. The van der Waals surface area contributed by atoms with Crippen LogP contribution in [0.25, 0.3) is 22.0 Å². The Bertz CT molecular complexity index is 1580. The highest BCUT2D eigenvalue weighted by molar-refractivity contribution is 5.95. The molecule has 10 heteroatoms. The molecule has 1 aromatic heterocycles. The Morgan fingerprint density at radius 1 is 1.17 bits per heavy atom. The number of benzene rings is 2. The van der Waals surface area contributed by atoms with Gasteiger partial charge in [0, 0.05) is 42.2 Å². The number of nitrogens with zero attached hydrogens (tertiary/aromatic N) is 7. The minimum absolute atomic E-state index is 0.150. The molecule has 2 saturated heterocycles. The van der Waals surface area contributed by atoms with Crippen LogP contribution in [0.1, 0.15) is 30.4 Å². The van der Waals surface area contributed by atoms with Crippen LogP contribution in [0.5, 0.6) is 6.01 Å². The van der Waals surface area contributed by atoms with Gasteiger partial charge in [-0.15, -0.1) is 0 Å². The maximum atomic E-state index is 15.0. The number of anilines is 1. The molecule has 0 spiro atoms. The van der Waals surface area contributed by atoms with Crippen LogP contribution in [0, 0.1) is 35.4 Å². The molecule has 3 heterocycles. The first-order valence-corrected chi connectivity index (χ1v) is 13.7. The molecule has 0 N–H and O–H groups in total. The molecule has 0 saturated carbocycles. The summed E-state index contributed by atoms with van der Waals surface area (Å²) in [6.45, 7) is 8.10. The van der Waals surface area contributed by atoms with Crippen LogP contribution in [0.15, 0.2) is 43.0 Å². The molecule has 1 amide bonds. The fourth-order valence-corrected chi connectivity index (χ4v) is 5.70. The van der Waals surface area contributed by atoms with E-state index in [1.54, 1.807) is 29.2 Å². The summed E-state index contributed by atoms with van der Waals surface area (Å²) in [7, 11) is 2.07. The summed E-state index contributed by atoms with van der Waals surface area (Å²) in [5, 5.41) is 20.1. The molecular weight excluding hydrogens is 521 g/mol. The van der Waals surface area contributed by atoms with Crippen molar-refractivity contribution in [3.63, 3.8) is 0 Å². The van der Waals surface area contributed by atoms with E-state index in [1.165, 1.54) is 12.1 Å². The molecule has 3 aromatic rings. The quantitative estimate of drug-likeness (QED) is 0.401. The highest BCUT2D eigenvalue weighted by Crippen LogP contribution is 2.35. The Hall–Kier alpha value is -4.54. The first-order chi connectivity index (χ1) is 19.8. The number of hydrogen-bond donors (Lipinski definition) is 0. The van der Waals surface area contributed by atoms with Crippen molar-refractivity contribution >= 4 is 22.6 Å². The van der Waals surface area contributed by atoms with Gasteiger partial charge in [-0.2, -0.15) is 20.5 Å². The monoisotopic (exact) mass is 553 g/mol. The normalized spacial score (nSPS) is 19.1. The van der Waals surface area contributed by atoms with Crippen LogP contribution in [0.3, 0.4) is 0 Å². The number of carbonyl (C=O) groups excluding carboxylic acids is 1. The van der Waals surface area contributed by atoms with Crippen molar-refractivity contribution in [3.05, 3.63) is 59.9 Å². The van der Waals surface area contributed by atoms with Crippen LogP contribution >= 0.6 is 0 Å². The molecule has 41 heavy (non-hydrogen) atoms.